The van der Waals surface area contributed by atoms with Crippen LogP contribution >= 0.6 is 35.0 Å². The Kier molecular flexibility index (Phi) is 3.94. The molecule has 1 aliphatic heterocycles. The maximum absolute atomic E-state index is 12.2. The summed E-state index contributed by atoms with van der Waals surface area (Å²) in [5, 5.41) is 16.0. The summed E-state index contributed by atoms with van der Waals surface area (Å²) in [6.45, 7) is 0. The normalized spacial score (nSPS) is 19.0. The summed E-state index contributed by atoms with van der Waals surface area (Å²) in [6.07, 6.45) is 0. The van der Waals surface area contributed by atoms with Crippen molar-refractivity contribution in [2.45, 2.75) is 6.04 Å². The van der Waals surface area contributed by atoms with E-state index in [1.807, 2.05) is 0 Å². The van der Waals surface area contributed by atoms with Gasteiger partial charge in [0.15, 0.2) is 10.3 Å². The molecule has 1 unspecified atom stereocenters. The first-order valence-corrected chi connectivity index (χ1v) is 6.72. The molecule has 1 aliphatic rings. The van der Waals surface area contributed by atoms with E-state index in [0.29, 0.717) is 11.6 Å². The van der Waals surface area contributed by atoms with E-state index in [-0.39, 0.29) is 15.9 Å². The zero-order valence-electron chi connectivity index (χ0n) is 8.84. The van der Waals surface area contributed by atoms with Crippen molar-refractivity contribution in [1.82, 2.24) is 15.1 Å². The van der Waals surface area contributed by atoms with E-state index in [2.05, 4.69) is 10.2 Å². The van der Waals surface area contributed by atoms with E-state index in [1.54, 1.807) is 0 Å². The van der Waals surface area contributed by atoms with Gasteiger partial charge in [0.25, 0.3) is 5.91 Å². The highest BCUT2D eigenvalue weighted by molar-refractivity contribution is 7.99. The van der Waals surface area contributed by atoms with Gasteiger partial charge in [-0.2, -0.15) is 0 Å². The van der Waals surface area contributed by atoms with Gasteiger partial charge in [0.1, 0.15) is 6.04 Å². The molecular formula is C9H7Cl2N3O3S. The lowest BCUT2D eigenvalue weighted by Gasteiger charge is -2.20. The van der Waals surface area contributed by atoms with Crippen molar-refractivity contribution in [2.75, 3.05) is 11.6 Å². The van der Waals surface area contributed by atoms with Crippen LogP contribution in [0.4, 0.5) is 0 Å². The Morgan fingerprint density at radius 1 is 1.44 bits per heavy atom. The highest BCUT2D eigenvalue weighted by atomic mass is 35.5. The number of hydrogen-bond acceptors (Lipinski definition) is 5. The summed E-state index contributed by atoms with van der Waals surface area (Å²) in [5.74, 6) is -0.899. The predicted molar refractivity (Wildman–Crippen MR) is 67.0 cm³/mol. The van der Waals surface area contributed by atoms with Crippen molar-refractivity contribution in [3.63, 3.8) is 0 Å². The number of carbonyl (C=O) groups is 2. The molecule has 0 saturated carbocycles. The van der Waals surface area contributed by atoms with Gasteiger partial charge in [0.05, 0.1) is 11.4 Å². The summed E-state index contributed by atoms with van der Waals surface area (Å²) in [5.41, 5.74) is 0.0606. The topological polar surface area (TPSA) is 83.4 Å². The lowest BCUT2D eigenvalue weighted by atomic mass is 10.2. The van der Waals surface area contributed by atoms with Crippen molar-refractivity contribution in [2.24, 2.45) is 0 Å². The van der Waals surface area contributed by atoms with E-state index >= 15 is 0 Å². The second-order valence-corrected chi connectivity index (χ2v) is 5.25. The molecule has 0 spiro atoms. The summed E-state index contributed by atoms with van der Waals surface area (Å²) in [7, 11) is 0. The molecule has 9 heteroatoms. The third kappa shape index (κ3) is 2.52. The molecule has 1 saturated heterocycles. The molecule has 0 radical (unpaired) electrons. The van der Waals surface area contributed by atoms with E-state index in [9.17, 15) is 9.59 Å². The highest BCUT2D eigenvalue weighted by Gasteiger charge is 2.36. The molecule has 1 N–H and O–H groups in total. The molecule has 1 aromatic rings. The molecule has 1 fully saturated rings. The van der Waals surface area contributed by atoms with Crippen LogP contribution in [-0.2, 0) is 4.79 Å². The largest absolute Gasteiger partial charge is 0.480 e. The Hall–Kier alpha value is -1.05. The molecule has 1 amide bonds. The van der Waals surface area contributed by atoms with Crippen molar-refractivity contribution in [3.8, 4) is 0 Å². The van der Waals surface area contributed by atoms with Crippen LogP contribution in [0.2, 0.25) is 10.3 Å². The number of aliphatic carboxylic acids is 1. The SMILES string of the molecule is O=C(O)C1CSCN1C(=O)c1cc(Cl)nnc1Cl. The van der Waals surface area contributed by atoms with Gasteiger partial charge in [-0.1, -0.05) is 23.2 Å². The van der Waals surface area contributed by atoms with E-state index < -0.39 is 17.9 Å². The minimum atomic E-state index is -1.04. The third-order valence-electron chi connectivity index (χ3n) is 2.38. The minimum absolute atomic E-state index is 0.0291. The number of halogens is 2. The fraction of sp³-hybridized carbons (Fsp3) is 0.333. The molecule has 1 atom stereocenters. The predicted octanol–water partition coefficient (Wildman–Crippen LogP) is 1.38. The summed E-state index contributed by atoms with van der Waals surface area (Å²) >= 11 is 12.8. The monoisotopic (exact) mass is 307 g/mol. The lowest BCUT2D eigenvalue weighted by molar-refractivity contribution is -0.140. The Morgan fingerprint density at radius 2 is 2.17 bits per heavy atom. The van der Waals surface area contributed by atoms with E-state index in [4.69, 9.17) is 28.3 Å². The van der Waals surface area contributed by atoms with Gasteiger partial charge in [0, 0.05) is 5.75 Å². The van der Waals surface area contributed by atoms with Gasteiger partial charge < -0.3 is 10.0 Å². The smallest absolute Gasteiger partial charge is 0.327 e. The number of aromatic nitrogens is 2. The van der Waals surface area contributed by atoms with E-state index in [0.717, 1.165) is 0 Å². The zero-order valence-corrected chi connectivity index (χ0v) is 11.2. The summed E-state index contributed by atoms with van der Waals surface area (Å²) in [6, 6.07) is 0.423. The van der Waals surface area contributed by atoms with Crippen LogP contribution in [0.3, 0.4) is 0 Å². The number of rotatable bonds is 2. The van der Waals surface area contributed by atoms with Gasteiger partial charge in [-0.15, -0.1) is 22.0 Å². The first kappa shape index (κ1) is 13.4. The van der Waals surface area contributed by atoms with Crippen LogP contribution < -0.4 is 0 Å². The van der Waals surface area contributed by atoms with E-state index in [1.165, 1.54) is 22.7 Å². The standard InChI is InChI=1S/C9H7Cl2N3O3S/c10-6-1-4(7(11)13-12-6)8(15)14-3-18-2-5(14)9(16)17/h1,5H,2-3H2,(H,16,17). The van der Waals surface area contributed by atoms with Crippen LogP contribution in [0, 0.1) is 0 Å². The fourth-order valence-electron chi connectivity index (χ4n) is 1.51. The molecule has 2 heterocycles. The molecular weight excluding hydrogens is 301 g/mol. The molecule has 96 valence electrons. The number of thioether (sulfide) groups is 1. The van der Waals surface area contributed by atoms with Crippen molar-refractivity contribution in [1.29, 1.82) is 0 Å². The maximum Gasteiger partial charge on any atom is 0.327 e. The average Bonchev–Trinajstić information content (AvgIpc) is 2.80. The van der Waals surface area contributed by atoms with Crippen LogP contribution in [-0.4, -0.2) is 49.8 Å². The van der Waals surface area contributed by atoms with Gasteiger partial charge in [0.2, 0.25) is 0 Å². The first-order valence-electron chi connectivity index (χ1n) is 4.81. The lowest BCUT2D eigenvalue weighted by Crippen LogP contribution is -2.41. The van der Waals surface area contributed by atoms with Gasteiger partial charge in [-0.25, -0.2) is 4.79 Å². The number of amides is 1. The highest BCUT2D eigenvalue weighted by Crippen LogP contribution is 2.25. The number of hydrogen-bond donors (Lipinski definition) is 1. The van der Waals surface area contributed by atoms with Gasteiger partial charge in [-0.3, -0.25) is 4.79 Å². The maximum atomic E-state index is 12.2. The van der Waals surface area contributed by atoms with Crippen LogP contribution in [0.15, 0.2) is 6.07 Å². The molecule has 0 bridgehead atoms. The molecule has 2 rings (SSSR count). The van der Waals surface area contributed by atoms with Crippen LogP contribution in [0.5, 0.6) is 0 Å². The molecule has 0 aliphatic carbocycles. The second-order valence-electron chi connectivity index (χ2n) is 3.50. The first-order chi connectivity index (χ1) is 8.50. The quantitative estimate of drug-likeness (QED) is 0.889. The van der Waals surface area contributed by atoms with Crippen LogP contribution in [0.1, 0.15) is 10.4 Å². The second kappa shape index (κ2) is 5.29. The number of nitrogens with zero attached hydrogens (tertiary/aromatic N) is 3. The van der Waals surface area contributed by atoms with Crippen molar-refractivity contribution < 1.29 is 14.7 Å². The zero-order chi connectivity index (χ0) is 13.3. The Bertz CT molecular complexity index is 514. The Labute approximate surface area is 116 Å². The van der Waals surface area contributed by atoms with Crippen molar-refractivity contribution in [3.05, 3.63) is 21.9 Å². The summed E-state index contributed by atoms with van der Waals surface area (Å²) < 4.78 is 0. The summed E-state index contributed by atoms with van der Waals surface area (Å²) in [4.78, 5) is 24.4. The number of carboxylic acids is 1. The van der Waals surface area contributed by atoms with Gasteiger partial charge in [-0.05, 0) is 6.07 Å². The molecule has 1 aromatic heterocycles. The van der Waals surface area contributed by atoms with Crippen molar-refractivity contribution >= 4 is 46.8 Å². The average molecular weight is 308 g/mol. The number of carbonyl (C=O) groups excluding carboxylic acids is 1. The Balaban J connectivity index is 2.31. The Morgan fingerprint density at radius 3 is 2.83 bits per heavy atom. The molecule has 18 heavy (non-hydrogen) atoms. The number of carboxylic acid groups (broad SMARTS) is 1. The molecule has 0 aromatic carbocycles. The third-order valence-corrected chi connectivity index (χ3v) is 3.85. The fourth-order valence-corrected chi connectivity index (χ4v) is 2.97. The van der Waals surface area contributed by atoms with Gasteiger partial charge >= 0.3 is 5.97 Å². The van der Waals surface area contributed by atoms with Crippen LogP contribution in [0.25, 0.3) is 0 Å². The minimum Gasteiger partial charge on any atom is -0.480 e. The molecule has 6 nitrogen and oxygen atoms in total.